The van der Waals surface area contributed by atoms with E-state index in [-0.39, 0.29) is 6.04 Å². The van der Waals surface area contributed by atoms with E-state index in [1.165, 1.54) is 0 Å². The van der Waals surface area contributed by atoms with E-state index in [4.69, 9.17) is 14.2 Å². The minimum absolute atomic E-state index is 0.245. The van der Waals surface area contributed by atoms with Crippen LogP contribution in [-0.2, 0) is 4.74 Å². The van der Waals surface area contributed by atoms with Crippen LogP contribution >= 0.6 is 0 Å². The predicted molar refractivity (Wildman–Crippen MR) is 83.2 cm³/mol. The molecule has 0 amide bonds. The molecule has 1 aliphatic heterocycles. The summed E-state index contributed by atoms with van der Waals surface area (Å²) in [6.45, 7) is 7.34. The van der Waals surface area contributed by atoms with Gasteiger partial charge in [0.15, 0.2) is 0 Å². The Labute approximate surface area is 127 Å². The van der Waals surface area contributed by atoms with Crippen molar-refractivity contribution in [3.8, 4) is 11.5 Å². The molecule has 5 nitrogen and oxygen atoms in total. The molecule has 0 saturated carbocycles. The number of nitrogens with zero attached hydrogens (tertiary/aromatic N) is 1. The van der Waals surface area contributed by atoms with Crippen molar-refractivity contribution >= 4 is 0 Å². The molecule has 0 bridgehead atoms. The molecule has 21 heavy (non-hydrogen) atoms. The van der Waals surface area contributed by atoms with Gasteiger partial charge in [0.2, 0.25) is 0 Å². The lowest BCUT2D eigenvalue weighted by Crippen LogP contribution is -2.38. The van der Waals surface area contributed by atoms with Crippen LogP contribution in [0.25, 0.3) is 0 Å². The Hall–Kier alpha value is -1.30. The molecule has 1 fully saturated rings. The third kappa shape index (κ3) is 4.59. The Balaban J connectivity index is 1.95. The first-order chi connectivity index (χ1) is 10.2. The van der Waals surface area contributed by atoms with E-state index < -0.39 is 0 Å². The van der Waals surface area contributed by atoms with Crippen LogP contribution in [-0.4, -0.2) is 58.5 Å². The summed E-state index contributed by atoms with van der Waals surface area (Å²) in [5, 5.41) is 3.25. The normalized spacial score (nSPS) is 17.5. The minimum atomic E-state index is 0.245. The zero-order valence-electron chi connectivity index (χ0n) is 13.2. The first kappa shape index (κ1) is 16.1. The summed E-state index contributed by atoms with van der Waals surface area (Å²) in [7, 11) is 3.63. The molecule has 0 aromatic heterocycles. The van der Waals surface area contributed by atoms with Crippen LogP contribution < -0.4 is 14.8 Å². The van der Waals surface area contributed by atoms with Crippen molar-refractivity contribution < 1.29 is 14.2 Å². The summed E-state index contributed by atoms with van der Waals surface area (Å²) in [6.07, 6.45) is 0. The van der Waals surface area contributed by atoms with Crippen molar-refractivity contribution in [1.82, 2.24) is 10.2 Å². The number of ether oxygens (including phenoxy) is 3. The van der Waals surface area contributed by atoms with Crippen LogP contribution in [0.5, 0.6) is 11.5 Å². The third-order valence-corrected chi connectivity index (χ3v) is 3.89. The Morgan fingerprint density at radius 3 is 2.76 bits per heavy atom. The number of hydrogen-bond acceptors (Lipinski definition) is 5. The van der Waals surface area contributed by atoms with E-state index in [0.717, 1.165) is 49.9 Å². The van der Waals surface area contributed by atoms with E-state index in [0.29, 0.717) is 6.61 Å². The summed E-state index contributed by atoms with van der Waals surface area (Å²) in [4.78, 5) is 2.37. The molecule has 5 heteroatoms. The molecule has 1 aromatic carbocycles. The van der Waals surface area contributed by atoms with E-state index in [2.05, 4.69) is 23.2 Å². The molecule has 1 aromatic rings. The molecule has 1 N–H and O–H groups in total. The van der Waals surface area contributed by atoms with E-state index >= 15 is 0 Å². The molecular weight excluding hydrogens is 268 g/mol. The number of rotatable bonds is 7. The second kappa shape index (κ2) is 8.22. The Morgan fingerprint density at radius 1 is 1.33 bits per heavy atom. The van der Waals surface area contributed by atoms with Gasteiger partial charge in [-0.3, -0.25) is 4.90 Å². The summed E-state index contributed by atoms with van der Waals surface area (Å²) < 4.78 is 16.6. The van der Waals surface area contributed by atoms with E-state index in [1.54, 1.807) is 7.11 Å². The molecule has 0 radical (unpaired) electrons. The Kier molecular flexibility index (Phi) is 6.29. The molecule has 1 unspecified atom stereocenters. The molecule has 1 heterocycles. The highest BCUT2D eigenvalue weighted by Crippen LogP contribution is 2.29. The van der Waals surface area contributed by atoms with Crippen molar-refractivity contribution in [3.63, 3.8) is 0 Å². The molecule has 0 spiro atoms. The largest absolute Gasteiger partial charge is 0.497 e. The van der Waals surface area contributed by atoms with Gasteiger partial charge in [0.05, 0.1) is 20.3 Å². The van der Waals surface area contributed by atoms with Crippen LogP contribution in [0.2, 0.25) is 0 Å². The fraction of sp³-hybridized carbons (Fsp3) is 0.625. The van der Waals surface area contributed by atoms with Crippen LogP contribution in [0.3, 0.4) is 0 Å². The van der Waals surface area contributed by atoms with Crippen LogP contribution in [0.1, 0.15) is 18.5 Å². The van der Waals surface area contributed by atoms with Gasteiger partial charge < -0.3 is 19.5 Å². The number of morpholine rings is 1. The summed E-state index contributed by atoms with van der Waals surface area (Å²) in [5.41, 5.74) is 1.15. The predicted octanol–water partition coefficient (Wildman–Crippen LogP) is 1.69. The molecule has 0 aliphatic carbocycles. The number of hydrogen-bond donors (Lipinski definition) is 1. The Morgan fingerprint density at radius 2 is 2.10 bits per heavy atom. The van der Waals surface area contributed by atoms with Crippen LogP contribution in [0.4, 0.5) is 0 Å². The number of nitrogens with one attached hydrogen (secondary N) is 1. The van der Waals surface area contributed by atoms with Gasteiger partial charge in [-0.2, -0.15) is 0 Å². The van der Waals surface area contributed by atoms with Crippen molar-refractivity contribution in [1.29, 1.82) is 0 Å². The molecule has 1 aliphatic rings. The topological polar surface area (TPSA) is 43.0 Å². The fourth-order valence-electron chi connectivity index (χ4n) is 2.39. The standard InChI is InChI=1S/C16H26N2O3/c1-13(17-2)15-5-4-14(19-3)12-16(15)21-11-8-18-6-9-20-10-7-18/h4-5,12-13,17H,6-11H2,1-3H3. The van der Waals surface area contributed by atoms with Crippen molar-refractivity contribution in [2.75, 3.05) is 53.6 Å². The monoisotopic (exact) mass is 294 g/mol. The second-order valence-electron chi connectivity index (χ2n) is 5.22. The SMILES string of the molecule is CNC(C)c1ccc(OC)cc1OCCN1CCOCC1. The lowest BCUT2D eigenvalue weighted by Gasteiger charge is -2.26. The van der Waals surface area contributed by atoms with E-state index in [1.807, 2.05) is 19.2 Å². The van der Waals surface area contributed by atoms with Gasteiger partial charge in [-0.05, 0) is 20.0 Å². The lowest BCUT2D eigenvalue weighted by atomic mass is 10.1. The van der Waals surface area contributed by atoms with Crippen molar-refractivity contribution in [3.05, 3.63) is 23.8 Å². The van der Waals surface area contributed by atoms with E-state index in [9.17, 15) is 0 Å². The molecular formula is C16H26N2O3. The quantitative estimate of drug-likeness (QED) is 0.829. The van der Waals surface area contributed by atoms with Gasteiger partial charge in [-0.25, -0.2) is 0 Å². The maximum atomic E-state index is 6.00. The molecule has 1 atom stereocenters. The molecule has 118 valence electrons. The van der Waals surface area contributed by atoms with Gasteiger partial charge in [0.1, 0.15) is 18.1 Å². The summed E-state index contributed by atoms with van der Waals surface area (Å²) in [5.74, 6) is 1.72. The van der Waals surface area contributed by atoms with Crippen molar-refractivity contribution in [2.24, 2.45) is 0 Å². The smallest absolute Gasteiger partial charge is 0.127 e. The maximum Gasteiger partial charge on any atom is 0.127 e. The Bertz CT molecular complexity index is 434. The first-order valence-electron chi connectivity index (χ1n) is 7.52. The zero-order chi connectivity index (χ0) is 15.1. The van der Waals surface area contributed by atoms with Crippen LogP contribution in [0.15, 0.2) is 18.2 Å². The van der Waals surface area contributed by atoms with Gasteiger partial charge in [0, 0.05) is 37.3 Å². The second-order valence-corrected chi connectivity index (χ2v) is 5.22. The van der Waals surface area contributed by atoms with Gasteiger partial charge >= 0.3 is 0 Å². The highest BCUT2D eigenvalue weighted by Gasteiger charge is 2.13. The number of methoxy groups -OCH3 is 1. The minimum Gasteiger partial charge on any atom is -0.497 e. The average molecular weight is 294 g/mol. The highest BCUT2D eigenvalue weighted by atomic mass is 16.5. The fourth-order valence-corrected chi connectivity index (χ4v) is 2.39. The van der Waals surface area contributed by atoms with Gasteiger partial charge in [0.25, 0.3) is 0 Å². The van der Waals surface area contributed by atoms with Gasteiger partial charge in [-0.15, -0.1) is 0 Å². The number of benzene rings is 1. The van der Waals surface area contributed by atoms with Crippen molar-refractivity contribution in [2.45, 2.75) is 13.0 Å². The first-order valence-corrected chi connectivity index (χ1v) is 7.52. The zero-order valence-corrected chi connectivity index (χ0v) is 13.2. The summed E-state index contributed by atoms with van der Waals surface area (Å²) >= 11 is 0. The highest BCUT2D eigenvalue weighted by molar-refractivity contribution is 5.42. The summed E-state index contributed by atoms with van der Waals surface area (Å²) in [6, 6.07) is 6.24. The third-order valence-electron chi connectivity index (χ3n) is 3.89. The lowest BCUT2D eigenvalue weighted by molar-refractivity contribution is 0.0321. The molecule has 1 saturated heterocycles. The van der Waals surface area contributed by atoms with Crippen LogP contribution in [0, 0.1) is 0 Å². The molecule has 2 rings (SSSR count). The maximum absolute atomic E-state index is 6.00. The average Bonchev–Trinajstić information content (AvgIpc) is 2.55. The van der Waals surface area contributed by atoms with Gasteiger partial charge in [-0.1, -0.05) is 6.07 Å².